The van der Waals surface area contributed by atoms with Gasteiger partial charge in [0.25, 0.3) is 0 Å². The largest absolute Gasteiger partial charge is 0.360 e. The fraction of sp³-hybridized carbons (Fsp3) is 0.0909. The lowest BCUT2D eigenvalue weighted by Crippen LogP contribution is -2.39. The Morgan fingerprint density at radius 2 is 0.794 bits per heavy atom. The van der Waals surface area contributed by atoms with Crippen molar-refractivity contribution in [1.29, 1.82) is 0 Å². The molecule has 0 atom stereocenters. The van der Waals surface area contributed by atoms with Gasteiger partial charge in [0.15, 0.2) is 0 Å². The Labute approximate surface area is 202 Å². The summed E-state index contributed by atoms with van der Waals surface area (Å²) >= 11 is 0. The SMILES string of the molecule is c1ccc(COC(c2ccccc2)(c2ccccc2)C(c2ccccc2)c2ccccc2)cc1. The van der Waals surface area contributed by atoms with E-state index in [-0.39, 0.29) is 5.92 Å². The van der Waals surface area contributed by atoms with Gasteiger partial charge >= 0.3 is 0 Å². The lowest BCUT2D eigenvalue weighted by molar-refractivity contribution is -0.0426. The van der Waals surface area contributed by atoms with Crippen molar-refractivity contribution in [3.8, 4) is 0 Å². The Hall–Kier alpha value is -3.94. The zero-order chi connectivity index (χ0) is 23.1. The fourth-order valence-corrected chi connectivity index (χ4v) is 4.85. The maximum Gasteiger partial charge on any atom is 0.129 e. The summed E-state index contributed by atoms with van der Waals surface area (Å²) in [6.07, 6.45) is 0. The summed E-state index contributed by atoms with van der Waals surface area (Å²) < 4.78 is 7.16. The molecule has 0 unspecified atom stereocenters. The minimum atomic E-state index is -0.735. The summed E-state index contributed by atoms with van der Waals surface area (Å²) in [7, 11) is 0. The fourth-order valence-electron chi connectivity index (χ4n) is 4.85. The van der Waals surface area contributed by atoms with Crippen molar-refractivity contribution >= 4 is 0 Å². The number of ether oxygens (including phenoxy) is 1. The molecule has 0 aliphatic carbocycles. The van der Waals surface area contributed by atoms with Crippen LogP contribution in [-0.4, -0.2) is 0 Å². The van der Waals surface area contributed by atoms with Gasteiger partial charge in [0.05, 0.1) is 6.61 Å². The second-order valence-corrected chi connectivity index (χ2v) is 8.50. The van der Waals surface area contributed by atoms with E-state index < -0.39 is 5.60 Å². The number of hydrogen-bond donors (Lipinski definition) is 0. The Balaban J connectivity index is 1.79. The molecule has 166 valence electrons. The van der Waals surface area contributed by atoms with Crippen molar-refractivity contribution in [3.05, 3.63) is 179 Å². The van der Waals surface area contributed by atoms with Crippen molar-refractivity contribution in [2.45, 2.75) is 18.1 Å². The van der Waals surface area contributed by atoms with E-state index in [1.54, 1.807) is 0 Å². The molecule has 0 aliphatic heterocycles. The molecule has 34 heavy (non-hydrogen) atoms. The minimum absolute atomic E-state index is 0.0524. The number of hydrogen-bond acceptors (Lipinski definition) is 1. The van der Waals surface area contributed by atoms with E-state index in [4.69, 9.17) is 4.74 Å². The third-order valence-electron chi connectivity index (χ3n) is 6.39. The van der Waals surface area contributed by atoms with E-state index in [0.717, 1.165) is 16.7 Å². The van der Waals surface area contributed by atoms with Crippen LogP contribution < -0.4 is 0 Å². The minimum Gasteiger partial charge on any atom is -0.360 e. The van der Waals surface area contributed by atoms with Crippen LogP contribution >= 0.6 is 0 Å². The van der Waals surface area contributed by atoms with Gasteiger partial charge in [-0.3, -0.25) is 0 Å². The first kappa shape index (κ1) is 21.9. The maximum atomic E-state index is 7.16. The smallest absolute Gasteiger partial charge is 0.129 e. The predicted octanol–water partition coefficient (Wildman–Crippen LogP) is 7.98. The predicted molar refractivity (Wildman–Crippen MR) is 140 cm³/mol. The summed E-state index contributed by atoms with van der Waals surface area (Å²) in [5.74, 6) is -0.0524. The first-order chi connectivity index (χ1) is 16.9. The average Bonchev–Trinajstić information content (AvgIpc) is 2.93. The van der Waals surface area contributed by atoms with Gasteiger partial charge in [-0.05, 0) is 27.8 Å². The van der Waals surface area contributed by atoms with Gasteiger partial charge < -0.3 is 4.74 Å². The second-order valence-electron chi connectivity index (χ2n) is 8.50. The summed E-state index contributed by atoms with van der Waals surface area (Å²) in [6, 6.07) is 53.2. The standard InChI is InChI=1S/C33H28O/c1-6-16-27(17-7-1)26-34-33(30-22-12-4-13-23-30,31-24-14-5-15-25-31)32(28-18-8-2-9-19-28)29-20-10-3-11-21-29/h1-25,32H,26H2. The van der Waals surface area contributed by atoms with Gasteiger partial charge in [-0.1, -0.05) is 152 Å². The van der Waals surface area contributed by atoms with Crippen molar-refractivity contribution in [3.63, 3.8) is 0 Å². The highest BCUT2D eigenvalue weighted by Gasteiger charge is 2.45. The molecule has 0 spiro atoms. The van der Waals surface area contributed by atoms with Crippen molar-refractivity contribution < 1.29 is 4.74 Å². The molecule has 0 fully saturated rings. The van der Waals surface area contributed by atoms with Crippen LogP contribution in [0.2, 0.25) is 0 Å². The highest BCUT2D eigenvalue weighted by molar-refractivity contribution is 5.48. The second kappa shape index (κ2) is 10.3. The van der Waals surface area contributed by atoms with Gasteiger partial charge in [0.2, 0.25) is 0 Å². The monoisotopic (exact) mass is 440 g/mol. The third-order valence-corrected chi connectivity index (χ3v) is 6.39. The van der Waals surface area contributed by atoms with E-state index >= 15 is 0 Å². The molecule has 1 heteroatoms. The molecule has 0 saturated heterocycles. The van der Waals surface area contributed by atoms with E-state index in [0.29, 0.717) is 6.61 Å². The van der Waals surface area contributed by atoms with Crippen LogP contribution in [0.5, 0.6) is 0 Å². The highest BCUT2D eigenvalue weighted by Crippen LogP contribution is 2.49. The first-order valence-corrected chi connectivity index (χ1v) is 11.8. The Morgan fingerprint density at radius 1 is 0.441 bits per heavy atom. The van der Waals surface area contributed by atoms with Gasteiger partial charge in [0, 0.05) is 5.92 Å². The summed E-state index contributed by atoms with van der Waals surface area (Å²) in [5, 5.41) is 0. The molecule has 0 N–H and O–H groups in total. The zero-order valence-electron chi connectivity index (χ0n) is 19.1. The quantitative estimate of drug-likeness (QED) is 0.238. The molecule has 0 saturated carbocycles. The molecule has 5 aromatic rings. The van der Waals surface area contributed by atoms with E-state index in [1.807, 2.05) is 6.07 Å². The molecular weight excluding hydrogens is 412 g/mol. The van der Waals surface area contributed by atoms with Gasteiger partial charge in [-0.15, -0.1) is 0 Å². The maximum absolute atomic E-state index is 7.16. The van der Waals surface area contributed by atoms with Crippen molar-refractivity contribution in [2.24, 2.45) is 0 Å². The molecule has 0 aliphatic rings. The Bertz CT molecular complexity index is 1190. The van der Waals surface area contributed by atoms with E-state index in [1.165, 1.54) is 11.1 Å². The lowest BCUT2D eigenvalue weighted by Gasteiger charge is -2.42. The molecule has 0 radical (unpaired) electrons. The van der Waals surface area contributed by atoms with Gasteiger partial charge in [0.1, 0.15) is 5.60 Å². The van der Waals surface area contributed by atoms with Crippen LogP contribution in [0.1, 0.15) is 33.7 Å². The topological polar surface area (TPSA) is 9.23 Å². The Kier molecular flexibility index (Phi) is 6.65. The average molecular weight is 441 g/mol. The van der Waals surface area contributed by atoms with Crippen LogP contribution in [0.25, 0.3) is 0 Å². The van der Waals surface area contributed by atoms with Crippen LogP contribution in [0.3, 0.4) is 0 Å². The molecule has 0 amide bonds. The third kappa shape index (κ3) is 4.44. The van der Waals surface area contributed by atoms with Crippen LogP contribution in [-0.2, 0) is 16.9 Å². The summed E-state index contributed by atoms with van der Waals surface area (Å²) in [5.41, 5.74) is 5.12. The van der Waals surface area contributed by atoms with E-state index in [2.05, 4.69) is 146 Å². The molecule has 0 bridgehead atoms. The lowest BCUT2D eigenvalue weighted by atomic mass is 9.69. The van der Waals surface area contributed by atoms with Gasteiger partial charge in [-0.25, -0.2) is 0 Å². The van der Waals surface area contributed by atoms with Crippen LogP contribution in [0.4, 0.5) is 0 Å². The van der Waals surface area contributed by atoms with Crippen molar-refractivity contribution in [2.75, 3.05) is 0 Å². The molecule has 5 rings (SSSR count). The molecule has 5 aromatic carbocycles. The molecule has 0 aromatic heterocycles. The summed E-state index contributed by atoms with van der Waals surface area (Å²) in [4.78, 5) is 0. The number of benzene rings is 5. The van der Waals surface area contributed by atoms with Crippen LogP contribution in [0.15, 0.2) is 152 Å². The number of rotatable bonds is 8. The van der Waals surface area contributed by atoms with Gasteiger partial charge in [-0.2, -0.15) is 0 Å². The zero-order valence-corrected chi connectivity index (χ0v) is 19.1. The molecular formula is C33H28O. The van der Waals surface area contributed by atoms with Crippen LogP contribution in [0, 0.1) is 0 Å². The molecule has 1 nitrogen and oxygen atoms in total. The normalized spacial score (nSPS) is 11.4. The van der Waals surface area contributed by atoms with Crippen molar-refractivity contribution in [1.82, 2.24) is 0 Å². The summed E-state index contributed by atoms with van der Waals surface area (Å²) in [6.45, 7) is 0.501. The highest BCUT2D eigenvalue weighted by atomic mass is 16.5. The van der Waals surface area contributed by atoms with E-state index in [9.17, 15) is 0 Å². The Morgan fingerprint density at radius 3 is 1.21 bits per heavy atom. The first-order valence-electron chi connectivity index (χ1n) is 11.8. The molecule has 0 heterocycles.